The van der Waals surface area contributed by atoms with Crippen LogP contribution >= 0.6 is 22.7 Å². The maximum absolute atomic E-state index is 2.26. The van der Waals surface area contributed by atoms with E-state index in [4.69, 9.17) is 0 Å². The minimum absolute atomic E-state index is 0.849. The molecule has 0 nitrogen and oxygen atoms in total. The molecule has 2 aromatic rings. The normalized spacial score (nSPS) is 10.6. The third kappa shape index (κ3) is 3.54. The quantitative estimate of drug-likeness (QED) is 0.574. The van der Waals surface area contributed by atoms with Crippen LogP contribution < -0.4 is 0 Å². The predicted octanol–water partition coefficient (Wildman–Crippen LogP) is 2.83. The van der Waals surface area contributed by atoms with Crippen molar-refractivity contribution in [3.8, 4) is 0 Å². The van der Waals surface area contributed by atoms with Gasteiger partial charge in [0.05, 0.1) is 0 Å². The SMILES string of the molecule is c1csc(C[Se][Se]Cc2cccs2)c1. The number of hydrogen-bond donors (Lipinski definition) is 0. The Labute approximate surface area is 104 Å². The van der Waals surface area contributed by atoms with Gasteiger partial charge in [-0.25, -0.2) is 0 Å². The molecule has 0 saturated heterocycles. The van der Waals surface area contributed by atoms with E-state index in [1.165, 1.54) is 10.6 Å². The molecule has 74 valence electrons. The molecule has 0 aromatic carbocycles. The fraction of sp³-hybridized carbons (Fsp3) is 0.200. The van der Waals surface area contributed by atoms with E-state index in [0.29, 0.717) is 0 Å². The zero-order chi connectivity index (χ0) is 9.64. The van der Waals surface area contributed by atoms with Crippen molar-refractivity contribution in [3.63, 3.8) is 0 Å². The number of rotatable bonds is 5. The van der Waals surface area contributed by atoms with Gasteiger partial charge in [-0.1, -0.05) is 0 Å². The van der Waals surface area contributed by atoms with Crippen LogP contribution in [0.4, 0.5) is 0 Å². The van der Waals surface area contributed by atoms with Crippen LogP contribution in [-0.2, 0) is 10.6 Å². The summed E-state index contributed by atoms with van der Waals surface area (Å²) in [6.07, 6.45) is 0. The molecule has 4 heteroatoms. The molecule has 2 heterocycles. The van der Waals surface area contributed by atoms with Crippen LogP contribution in [0.15, 0.2) is 35.0 Å². The second-order valence-electron chi connectivity index (χ2n) is 2.68. The Morgan fingerprint density at radius 1 is 0.857 bits per heavy atom. The van der Waals surface area contributed by atoms with Gasteiger partial charge in [-0.2, -0.15) is 0 Å². The van der Waals surface area contributed by atoms with Crippen molar-refractivity contribution >= 4 is 48.9 Å². The Kier molecular flexibility index (Phi) is 4.78. The van der Waals surface area contributed by atoms with E-state index >= 15 is 0 Å². The minimum atomic E-state index is 0.849. The molecule has 2 aromatic heterocycles. The second-order valence-corrected chi connectivity index (χ2v) is 12.1. The maximum atomic E-state index is 2.26. The van der Waals surface area contributed by atoms with E-state index in [2.05, 4.69) is 35.0 Å². The molecular weight excluding hydrogens is 342 g/mol. The molecule has 0 saturated carbocycles. The predicted molar refractivity (Wildman–Crippen MR) is 67.6 cm³/mol. The van der Waals surface area contributed by atoms with Gasteiger partial charge >= 0.3 is 104 Å². The van der Waals surface area contributed by atoms with Gasteiger partial charge in [0.2, 0.25) is 0 Å². The molecule has 14 heavy (non-hydrogen) atoms. The molecule has 0 aliphatic carbocycles. The first-order valence-electron chi connectivity index (χ1n) is 4.24. The van der Waals surface area contributed by atoms with Crippen molar-refractivity contribution in [2.24, 2.45) is 0 Å². The van der Waals surface area contributed by atoms with Gasteiger partial charge in [-0.05, 0) is 0 Å². The molecule has 0 amide bonds. The van der Waals surface area contributed by atoms with E-state index < -0.39 is 0 Å². The summed E-state index contributed by atoms with van der Waals surface area (Å²) in [5, 5.41) is 7.04. The van der Waals surface area contributed by atoms with E-state index in [1.54, 1.807) is 9.75 Å². The number of thiophene rings is 2. The molecule has 0 atom stereocenters. The summed E-state index contributed by atoms with van der Waals surface area (Å²) in [5.41, 5.74) is 0. The van der Waals surface area contributed by atoms with Gasteiger partial charge < -0.3 is 0 Å². The van der Waals surface area contributed by atoms with Gasteiger partial charge in [0.25, 0.3) is 0 Å². The molecule has 0 N–H and O–H groups in total. The Balaban J connectivity index is 1.65. The average molecular weight is 352 g/mol. The van der Waals surface area contributed by atoms with Crippen LogP contribution in [0.25, 0.3) is 0 Å². The molecule has 0 bridgehead atoms. The van der Waals surface area contributed by atoms with Gasteiger partial charge in [-0.15, -0.1) is 0 Å². The van der Waals surface area contributed by atoms with Crippen LogP contribution in [0.1, 0.15) is 9.75 Å². The zero-order valence-electron chi connectivity index (χ0n) is 7.51. The fourth-order valence-corrected chi connectivity index (χ4v) is 11.1. The van der Waals surface area contributed by atoms with Crippen molar-refractivity contribution in [1.29, 1.82) is 0 Å². The first kappa shape index (κ1) is 10.9. The monoisotopic (exact) mass is 354 g/mol. The van der Waals surface area contributed by atoms with Crippen molar-refractivity contribution < 1.29 is 0 Å². The first-order chi connectivity index (χ1) is 6.95. The van der Waals surface area contributed by atoms with E-state index in [9.17, 15) is 0 Å². The van der Waals surface area contributed by atoms with Crippen molar-refractivity contribution in [3.05, 3.63) is 44.8 Å². The van der Waals surface area contributed by atoms with Crippen molar-refractivity contribution in [2.45, 2.75) is 10.6 Å². The summed E-state index contributed by atoms with van der Waals surface area (Å²) in [6.45, 7) is 0. The summed E-state index contributed by atoms with van der Waals surface area (Å²) in [4.78, 5) is 3.14. The summed E-state index contributed by atoms with van der Waals surface area (Å²) in [6, 6.07) is 8.83. The van der Waals surface area contributed by atoms with Crippen LogP contribution in [-0.4, -0.2) is 26.3 Å². The standard InChI is InChI=1S/C10H10S2Se2/c1-3-9(11-5-1)7-13-14-8-10-4-2-6-12-10/h1-6H,7-8H2. The van der Waals surface area contributed by atoms with Crippen LogP contribution in [0.3, 0.4) is 0 Å². The Morgan fingerprint density at radius 2 is 1.36 bits per heavy atom. The molecule has 0 aliphatic heterocycles. The van der Waals surface area contributed by atoms with Gasteiger partial charge in [-0.3, -0.25) is 0 Å². The van der Waals surface area contributed by atoms with E-state index in [-0.39, 0.29) is 0 Å². The fourth-order valence-electron chi connectivity index (χ4n) is 0.989. The molecule has 0 radical (unpaired) electrons. The second kappa shape index (κ2) is 6.12. The Hall–Kier alpha value is 0.439. The van der Waals surface area contributed by atoms with Crippen LogP contribution in [0.5, 0.6) is 0 Å². The summed E-state index contributed by atoms with van der Waals surface area (Å²) >= 11 is 5.50. The summed E-state index contributed by atoms with van der Waals surface area (Å²) in [7, 11) is 0. The topological polar surface area (TPSA) is 0 Å². The molecule has 0 spiro atoms. The van der Waals surface area contributed by atoms with Crippen molar-refractivity contribution in [2.75, 3.05) is 0 Å². The van der Waals surface area contributed by atoms with E-state index in [1.807, 2.05) is 22.7 Å². The zero-order valence-corrected chi connectivity index (χ0v) is 12.6. The van der Waals surface area contributed by atoms with Gasteiger partial charge in [0.1, 0.15) is 0 Å². The Bertz CT molecular complexity index is 304. The van der Waals surface area contributed by atoms with Crippen LogP contribution in [0, 0.1) is 0 Å². The molecule has 0 fully saturated rings. The third-order valence-electron chi connectivity index (χ3n) is 1.65. The summed E-state index contributed by atoms with van der Waals surface area (Å²) < 4.78 is 0. The molecule has 0 aliphatic rings. The summed E-state index contributed by atoms with van der Waals surface area (Å²) in [5.74, 6) is 0. The van der Waals surface area contributed by atoms with Gasteiger partial charge in [0.15, 0.2) is 0 Å². The van der Waals surface area contributed by atoms with Crippen molar-refractivity contribution in [1.82, 2.24) is 0 Å². The average Bonchev–Trinajstić information content (AvgIpc) is 2.86. The van der Waals surface area contributed by atoms with Gasteiger partial charge in [0, 0.05) is 0 Å². The number of hydrogen-bond acceptors (Lipinski definition) is 2. The first-order valence-corrected chi connectivity index (χ1v) is 12.8. The molecule has 2 rings (SSSR count). The molecule has 0 unspecified atom stereocenters. The molecular formula is C10H10S2Se2. The third-order valence-corrected chi connectivity index (χ3v) is 10.8. The van der Waals surface area contributed by atoms with E-state index in [0.717, 1.165) is 26.3 Å². The van der Waals surface area contributed by atoms with Crippen LogP contribution in [0.2, 0.25) is 0 Å². The Morgan fingerprint density at radius 3 is 1.71 bits per heavy atom.